The second-order valence-corrected chi connectivity index (χ2v) is 10.6. The van der Waals surface area contributed by atoms with E-state index >= 15 is 0 Å². The first kappa shape index (κ1) is 23.6. The van der Waals surface area contributed by atoms with Crippen LogP contribution in [0.25, 0.3) is 0 Å². The Morgan fingerprint density at radius 1 is 1.26 bits per heavy atom. The Morgan fingerprint density at radius 3 is 2.61 bits per heavy atom. The van der Waals surface area contributed by atoms with Gasteiger partial charge in [0.25, 0.3) is 0 Å². The topological polar surface area (TPSA) is 115 Å². The number of sulfonamides is 1. The molecular formula is C20H27ClN4O5S. The molecule has 11 heteroatoms. The van der Waals surface area contributed by atoms with Gasteiger partial charge in [0.15, 0.2) is 5.82 Å². The van der Waals surface area contributed by atoms with Crippen LogP contribution in [-0.4, -0.2) is 55.1 Å². The van der Waals surface area contributed by atoms with Crippen molar-refractivity contribution in [3.05, 3.63) is 34.9 Å². The Labute approximate surface area is 187 Å². The molecule has 0 unspecified atom stereocenters. The van der Waals surface area contributed by atoms with E-state index in [1.54, 1.807) is 6.07 Å². The van der Waals surface area contributed by atoms with Gasteiger partial charge in [0.05, 0.1) is 18.2 Å². The van der Waals surface area contributed by atoms with Crippen LogP contribution in [0.1, 0.15) is 45.3 Å². The Morgan fingerprint density at radius 2 is 1.97 bits per heavy atom. The van der Waals surface area contributed by atoms with Crippen LogP contribution < -0.4 is 5.32 Å². The average molecular weight is 471 g/mol. The smallest absolute Gasteiger partial charge is 0.244 e. The maximum Gasteiger partial charge on any atom is 0.244 e. The van der Waals surface area contributed by atoms with E-state index in [4.69, 9.17) is 20.9 Å². The van der Waals surface area contributed by atoms with Gasteiger partial charge in [-0.2, -0.15) is 9.29 Å². The van der Waals surface area contributed by atoms with Gasteiger partial charge in [-0.25, -0.2) is 8.42 Å². The molecule has 1 fully saturated rings. The van der Waals surface area contributed by atoms with Crippen LogP contribution in [0, 0.1) is 0 Å². The predicted molar refractivity (Wildman–Crippen MR) is 116 cm³/mol. The van der Waals surface area contributed by atoms with E-state index in [9.17, 15) is 13.2 Å². The second-order valence-electron chi connectivity index (χ2n) is 8.33. The van der Waals surface area contributed by atoms with Gasteiger partial charge in [0.1, 0.15) is 4.90 Å². The Bertz CT molecular complexity index is 1030. The van der Waals surface area contributed by atoms with Gasteiger partial charge >= 0.3 is 0 Å². The maximum absolute atomic E-state index is 12.9. The highest BCUT2D eigenvalue weighted by atomic mass is 35.5. The molecule has 0 atom stereocenters. The number of hydrogen-bond donors (Lipinski definition) is 1. The van der Waals surface area contributed by atoms with Crippen LogP contribution in [0.3, 0.4) is 0 Å². The lowest BCUT2D eigenvalue weighted by molar-refractivity contribution is -0.116. The number of halogens is 1. The monoisotopic (exact) mass is 470 g/mol. The summed E-state index contributed by atoms with van der Waals surface area (Å²) in [6.07, 6.45) is 1.22. The van der Waals surface area contributed by atoms with Crippen molar-refractivity contribution in [3.63, 3.8) is 0 Å². The molecule has 2 heterocycles. The van der Waals surface area contributed by atoms with Gasteiger partial charge < -0.3 is 14.6 Å². The van der Waals surface area contributed by atoms with Gasteiger partial charge in [-0.05, 0) is 24.6 Å². The van der Waals surface area contributed by atoms with Gasteiger partial charge in [0.2, 0.25) is 21.8 Å². The number of aromatic nitrogens is 2. The van der Waals surface area contributed by atoms with E-state index < -0.39 is 10.0 Å². The molecule has 1 aromatic heterocycles. The van der Waals surface area contributed by atoms with Gasteiger partial charge in [-0.15, -0.1) is 0 Å². The fourth-order valence-corrected chi connectivity index (χ4v) is 4.90. The standard InChI is InChI=1S/C20H27ClN4O5S/c1-20(2,3)19-23-18(30-24-19)6-4-5-17(26)22-14-7-8-15(21)16(13-14)31(27,28)25-9-11-29-12-10-25/h7-8,13H,4-6,9-12H2,1-3H3,(H,22,26). The SMILES string of the molecule is CC(C)(C)c1noc(CCCC(=O)Nc2ccc(Cl)c(S(=O)(=O)N3CCOCC3)c2)n1. The van der Waals surface area contributed by atoms with Crippen molar-refractivity contribution in [1.29, 1.82) is 0 Å². The van der Waals surface area contributed by atoms with Crippen LogP contribution in [-0.2, 0) is 31.4 Å². The zero-order chi connectivity index (χ0) is 22.6. The summed E-state index contributed by atoms with van der Waals surface area (Å²) < 4.78 is 37.6. The highest BCUT2D eigenvalue weighted by molar-refractivity contribution is 7.89. The van der Waals surface area contributed by atoms with Crippen molar-refractivity contribution >= 4 is 33.2 Å². The molecule has 0 saturated carbocycles. The molecule has 31 heavy (non-hydrogen) atoms. The third-order valence-corrected chi connectivity index (χ3v) is 7.12. The number of amides is 1. The summed E-state index contributed by atoms with van der Waals surface area (Å²) in [6.45, 7) is 7.19. The maximum atomic E-state index is 12.9. The van der Waals surface area contributed by atoms with E-state index in [-0.39, 0.29) is 40.8 Å². The molecule has 0 aliphatic carbocycles. The molecule has 0 radical (unpaired) electrons. The highest BCUT2D eigenvalue weighted by Crippen LogP contribution is 2.28. The van der Waals surface area contributed by atoms with Crippen molar-refractivity contribution in [1.82, 2.24) is 14.4 Å². The third kappa shape index (κ3) is 6.03. The van der Waals surface area contributed by atoms with Crippen LogP contribution in [0.4, 0.5) is 5.69 Å². The van der Waals surface area contributed by atoms with Gasteiger partial charge in [-0.1, -0.05) is 37.5 Å². The van der Waals surface area contributed by atoms with Gasteiger partial charge in [-0.3, -0.25) is 4.79 Å². The van der Waals surface area contributed by atoms with Crippen molar-refractivity contribution < 1.29 is 22.5 Å². The van der Waals surface area contributed by atoms with E-state index in [0.717, 1.165) is 0 Å². The summed E-state index contributed by atoms with van der Waals surface area (Å²) in [7, 11) is -3.77. The number of nitrogens with one attached hydrogen (secondary N) is 1. The van der Waals surface area contributed by atoms with E-state index in [1.165, 1.54) is 16.4 Å². The average Bonchev–Trinajstić information content (AvgIpc) is 3.19. The molecule has 1 aromatic carbocycles. The fourth-order valence-electron chi connectivity index (χ4n) is 2.99. The van der Waals surface area contributed by atoms with Crippen molar-refractivity contribution in [2.45, 2.75) is 50.3 Å². The lowest BCUT2D eigenvalue weighted by atomic mass is 9.96. The summed E-state index contributed by atoms with van der Waals surface area (Å²) in [4.78, 5) is 16.6. The predicted octanol–water partition coefficient (Wildman–Crippen LogP) is 3.00. The molecule has 9 nitrogen and oxygen atoms in total. The Balaban J connectivity index is 1.59. The molecule has 0 spiro atoms. The quantitative estimate of drug-likeness (QED) is 0.661. The molecule has 170 valence electrons. The molecule has 3 rings (SSSR count). The molecule has 1 saturated heterocycles. The first-order valence-corrected chi connectivity index (χ1v) is 11.9. The van der Waals surface area contributed by atoms with Crippen LogP contribution >= 0.6 is 11.6 Å². The van der Waals surface area contributed by atoms with Crippen LogP contribution in [0.2, 0.25) is 5.02 Å². The molecule has 2 aromatic rings. The highest BCUT2D eigenvalue weighted by Gasteiger charge is 2.28. The van der Waals surface area contributed by atoms with Crippen molar-refractivity contribution in [3.8, 4) is 0 Å². The Hall–Kier alpha value is -2.01. The number of morpholine rings is 1. The molecule has 1 amide bonds. The summed E-state index contributed by atoms with van der Waals surface area (Å²) in [5.74, 6) is 0.873. The number of hydrogen-bond acceptors (Lipinski definition) is 7. The van der Waals surface area contributed by atoms with Crippen LogP contribution in [0.5, 0.6) is 0 Å². The molecule has 1 aliphatic rings. The number of carbonyl (C=O) groups excluding carboxylic acids is 1. The lowest BCUT2D eigenvalue weighted by Gasteiger charge is -2.26. The van der Waals surface area contributed by atoms with E-state index in [1.807, 2.05) is 20.8 Å². The number of anilines is 1. The van der Waals surface area contributed by atoms with E-state index in [0.29, 0.717) is 43.5 Å². The summed E-state index contributed by atoms with van der Waals surface area (Å²) >= 11 is 6.15. The molecule has 1 N–H and O–H groups in total. The number of aryl methyl sites for hydroxylation is 1. The molecule has 0 bridgehead atoms. The molecule has 1 aliphatic heterocycles. The van der Waals surface area contributed by atoms with E-state index in [2.05, 4.69) is 15.5 Å². The first-order valence-electron chi connectivity index (χ1n) is 10.1. The van der Waals surface area contributed by atoms with Crippen LogP contribution in [0.15, 0.2) is 27.6 Å². The lowest BCUT2D eigenvalue weighted by Crippen LogP contribution is -2.40. The summed E-state index contributed by atoms with van der Waals surface area (Å²) in [6, 6.07) is 4.43. The zero-order valence-corrected chi connectivity index (χ0v) is 19.4. The first-order chi connectivity index (χ1) is 14.6. The largest absolute Gasteiger partial charge is 0.379 e. The molecular weight excluding hydrogens is 444 g/mol. The summed E-state index contributed by atoms with van der Waals surface area (Å²) in [5.41, 5.74) is 0.168. The number of carbonyl (C=O) groups is 1. The summed E-state index contributed by atoms with van der Waals surface area (Å²) in [5, 5.41) is 6.80. The minimum atomic E-state index is -3.77. The Kier molecular flexibility index (Phi) is 7.35. The fraction of sp³-hybridized carbons (Fsp3) is 0.550. The van der Waals surface area contributed by atoms with Crippen molar-refractivity contribution in [2.75, 3.05) is 31.6 Å². The zero-order valence-electron chi connectivity index (χ0n) is 17.9. The number of benzene rings is 1. The minimum absolute atomic E-state index is 0.0329. The minimum Gasteiger partial charge on any atom is -0.379 e. The van der Waals surface area contributed by atoms with Gasteiger partial charge in [0, 0.05) is 37.0 Å². The number of ether oxygens (including phenoxy) is 1. The second kappa shape index (κ2) is 9.64. The third-order valence-electron chi connectivity index (χ3n) is 4.74. The normalized spacial score (nSPS) is 15.7. The van der Waals surface area contributed by atoms with Crippen molar-refractivity contribution in [2.24, 2.45) is 0 Å². The number of nitrogens with zero attached hydrogens (tertiary/aromatic N) is 3. The number of rotatable bonds is 7.